The van der Waals surface area contributed by atoms with Gasteiger partial charge in [-0.05, 0) is 66.6 Å². The van der Waals surface area contributed by atoms with Gasteiger partial charge in [-0.3, -0.25) is 10.1 Å². The first kappa shape index (κ1) is 23.3. The third kappa shape index (κ3) is 6.30. The number of phenolic OH excluding ortho intramolecular Hbond substituents is 1. The highest BCUT2D eigenvalue weighted by Crippen LogP contribution is 2.25. The molecule has 0 saturated heterocycles. The van der Waals surface area contributed by atoms with Gasteiger partial charge in [0, 0.05) is 12.1 Å². The summed E-state index contributed by atoms with van der Waals surface area (Å²) in [6.07, 6.45) is 0.864. The molecule has 0 amide bonds. The van der Waals surface area contributed by atoms with Crippen LogP contribution in [0.25, 0.3) is 0 Å². The predicted octanol–water partition coefficient (Wildman–Crippen LogP) is 4.67. The van der Waals surface area contributed by atoms with Crippen molar-refractivity contribution >= 4 is 17.6 Å². The Balaban J connectivity index is 1.63. The molecule has 3 aromatic rings. The maximum Gasteiger partial charge on any atom is 0.343 e. The van der Waals surface area contributed by atoms with Gasteiger partial charge >= 0.3 is 11.9 Å². The second kappa shape index (κ2) is 10.8. The third-order valence-electron chi connectivity index (χ3n) is 4.48. The van der Waals surface area contributed by atoms with Crippen LogP contribution in [0.15, 0.2) is 66.7 Å². The minimum absolute atomic E-state index is 0.0476. The van der Waals surface area contributed by atoms with Gasteiger partial charge < -0.3 is 19.3 Å². The Hall–Kier alpha value is -4.40. The van der Waals surface area contributed by atoms with Crippen molar-refractivity contribution in [2.45, 2.75) is 20.0 Å². The van der Waals surface area contributed by atoms with Crippen LogP contribution >= 0.6 is 0 Å². The number of nitro benzene ring substituents is 1. The van der Waals surface area contributed by atoms with E-state index < -0.39 is 16.9 Å². The number of carbonyl (C=O) groups is 2. The lowest BCUT2D eigenvalue weighted by molar-refractivity contribution is -0.384. The topological polar surface area (TPSA) is 125 Å². The van der Waals surface area contributed by atoms with Gasteiger partial charge in [0.25, 0.3) is 5.69 Å². The monoisotopic (exact) mass is 451 g/mol. The summed E-state index contributed by atoms with van der Waals surface area (Å²) < 4.78 is 15.9. The van der Waals surface area contributed by atoms with Crippen LogP contribution < -0.4 is 9.47 Å². The lowest BCUT2D eigenvalue weighted by Gasteiger charge is -2.10. The minimum Gasteiger partial charge on any atom is -0.507 e. The zero-order chi connectivity index (χ0) is 23.8. The van der Waals surface area contributed by atoms with Gasteiger partial charge in [-0.15, -0.1) is 0 Å². The highest BCUT2D eigenvalue weighted by atomic mass is 16.6. The summed E-state index contributed by atoms with van der Waals surface area (Å²) in [4.78, 5) is 35.0. The van der Waals surface area contributed by atoms with E-state index >= 15 is 0 Å². The van der Waals surface area contributed by atoms with Gasteiger partial charge in [0.2, 0.25) is 0 Å². The number of ether oxygens (including phenoxy) is 3. The average Bonchev–Trinajstić information content (AvgIpc) is 2.83. The fourth-order valence-corrected chi connectivity index (χ4v) is 2.76. The molecule has 0 atom stereocenters. The average molecular weight is 451 g/mol. The molecule has 33 heavy (non-hydrogen) atoms. The van der Waals surface area contributed by atoms with Crippen LogP contribution in [-0.2, 0) is 11.3 Å². The molecule has 0 unspecified atom stereocenters. The van der Waals surface area contributed by atoms with Crippen LogP contribution in [0, 0.1) is 10.1 Å². The highest BCUT2D eigenvalue weighted by Gasteiger charge is 2.17. The fraction of sp³-hybridized carbons (Fsp3) is 0.167. The molecule has 0 spiro atoms. The van der Waals surface area contributed by atoms with E-state index in [0.29, 0.717) is 17.9 Å². The van der Waals surface area contributed by atoms with Crippen molar-refractivity contribution in [3.8, 4) is 17.2 Å². The maximum absolute atomic E-state index is 12.4. The van der Waals surface area contributed by atoms with Crippen LogP contribution in [0.3, 0.4) is 0 Å². The molecule has 3 rings (SSSR count). The second-order valence-corrected chi connectivity index (χ2v) is 6.94. The maximum atomic E-state index is 12.4. The van der Waals surface area contributed by atoms with Gasteiger partial charge in [0.05, 0.1) is 17.1 Å². The molecular weight excluding hydrogens is 430 g/mol. The summed E-state index contributed by atoms with van der Waals surface area (Å²) in [6.45, 7) is 2.40. The summed E-state index contributed by atoms with van der Waals surface area (Å²) in [5, 5.41) is 20.7. The van der Waals surface area contributed by atoms with Crippen LogP contribution in [0.2, 0.25) is 0 Å². The normalized spacial score (nSPS) is 10.3. The van der Waals surface area contributed by atoms with Crippen molar-refractivity contribution in [2.24, 2.45) is 0 Å². The molecule has 9 nitrogen and oxygen atoms in total. The van der Waals surface area contributed by atoms with Crippen molar-refractivity contribution in [2.75, 3.05) is 6.61 Å². The molecule has 0 aliphatic heterocycles. The summed E-state index contributed by atoms with van der Waals surface area (Å²) in [7, 11) is 0. The molecule has 0 radical (unpaired) electrons. The largest absolute Gasteiger partial charge is 0.507 e. The first-order chi connectivity index (χ1) is 15.9. The SMILES string of the molecule is CCCOc1ccc(C(=O)Oc2ccc(O)c(C(=O)OCc3ccc([N+](=O)[O-])cc3)c2)cc1. The van der Waals surface area contributed by atoms with E-state index in [1.165, 1.54) is 42.5 Å². The Morgan fingerprint density at radius 3 is 2.24 bits per heavy atom. The van der Waals surface area contributed by atoms with Crippen LogP contribution in [0.5, 0.6) is 17.2 Å². The zero-order valence-electron chi connectivity index (χ0n) is 17.7. The number of nitro groups is 1. The van der Waals surface area contributed by atoms with Crippen molar-refractivity contribution in [1.29, 1.82) is 0 Å². The summed E-state index contributed by atoms with van der Waals surface area (Å²) in [5.74, 6) is -1.16. The van der Waals surface area contributed by atoms with E-state index in [1.54, 1.807) is 24.3 Å². The van der Waals surface area contributed by atoms with Crippen LogP contribution in [0.4, 0.5) is 5.69 Å². The Morgan fingerprint density at radius 1 is 0.939 bits per heavy atom. The van der Waals surface area contributed by atoms with Gasteiger partial charge in [0.15, 0.2) is 0 Å². The molecule has 0 heterocycles. The van der Waals surface area contributed by atoms with Crippen molar-refractivity contribution in [3.05, 3.63) is 93.5 Å². The number of rotatable bonds is 9. The first-order valence-electron chi connectivity index (χ1n) is 10.1. The predicted molar refractivity (Wildman–Crippen MR) is 118 cm³/mol. The number of non-ortho nitro benzene ring substituents is 1. The lowest BCUT2D eigenvalue weighted by Crippen LogP contribution is -2.10. The molecule has 0 bridgehead atoms. The van der Waals surface area contributed by atoms with Crippen molar-refractivity contribution in [3.63, 3.8) is 0 Å². The number of hydrogen-bond acceptors (Lipinski definition) is 8. The smallest absolute Gasteiger partial charge is 0.343 e. The van der Waals surface area contributed by atoms with Gasteiger partial charge in [0.1, 0.15) is 29.4 Å². The van der Waals surface area contributed by atoms with E-state index in [1.807, 2.05) is 6.92 Å². The summed E-state index contributed by atoms with van der Waals surface area (Å²) in [5.41, 5.74) is 0.544. The molecule has 0 aliphatic rings. The van der Waals surface area contributed by atoms with E-state index in [2.05, 4.69) is 0 Å². The van der Waals surface area contributed by atoms with E-state index in [0.717, 1.165) is 6.42 Å². The van der Waals surface area contributed by atoms with Crippen LogP contribution in [-0.4, -0.2) is 28.6 Å². The Bertz CT molecular complexity index is 1140. The molecular formula is C24H21NO8. The quantitative estimate of drug-likeness (QED) is 0.215. The molecule has 3 aromatic carbocycles. The number of esters is 2. The third-order valence-corrected chi connectivity index (χ3v) is 4.48. The van der Waals surface area contributed by atoms with Gasteiger partial charge in [-0.1, -0.05) is 6.92 Å². The Morgan fingerprint density at radius 2 is 1.61 bits per heavy atom. The number of nitrogens with zero attached hydrogens (tertiary/aromatic N) is 1. The number of aromatic hydroxyl groups is 1. The molecule has 170 valence electrons. The molecule has 0 aromatic heterocycles. The lowest BCUT2D eigenvalue weighted by atomic mass is 10.2. The molecule has 0 fully saturated rings. The second-order valence-electron chi connectivity index (χ2n) is 6.94. The van der Waals surface area contributed by atoms with E-state index in [4.69, 9.17) is 14.2 Å². The molecule has 1 N–H and O–H groups in total. The highest BCUT2D eigenvalue weighted by molar-refractivity contribution is 5.94. The zero-order valence-corrected chi connectivity index (χ0v) is 17.7. The Kier molecular flexibility index (Phi) is 7.59. The molecule has 9 heteroatoms. The number of benzene rings is 3. The summed E-state index contributed by atoms with van der Waals surface area (Å²) in [6, 6.07) is 15.7. The fourth-order valence-electron chi connectivity index (χ4n) is 2.76. The van der Waals surface area contributed by atoms with Crippen molar-refractivity contribution in [1.82, 2.24) is 0 Å². The number of phenols is 1. The molecule has 0 saturated carbocycles. The molecule has 0 aliphatic carbocycles. The Labute approximate surface area is 189 Å². The van der Waals surface area contributed by atoms with E-state index in [9.17, 15) is 24.8 Å². The van der Waals surface area contributed by atoms with Crippen LogP contribution in [0.1, 0.15) is 39.6 Å². The summed E-state index contributed by atoms with van der Waals surface area (Å²) >= 11 is 0. The number of hydrogen-bond donors (Lipinski definition) is 1. The standard InChI is InChI=1S/C24H21NO8/c1-2-13-31-19-9-5-17(6-10-19)23(27)33-20-11-12-22(26)21(14-20)24(28)32-15-16-3-7-18(8-4-16)25(29)30/h3-12,14,26H,2,13,15H2,1H3. The number of carbonyl (C=O) groups excluding carboxylic acids is 2. The van der Waals surface area contributed by atoms with Gasteiger partial charge in [-0.25, -0.2) is 9.59 Å². The first-order valence-corrected chi connectivity index (χ1v) is 10.1. The van der Waals surface area contributed by atoms with E-state index in [-0.39, 0.29) is 34.9 Å². The van der Waals surface area contributed by atoms with Crippen molar-refractivity contribution < 1.29 is 33.8 Å². The van der Waals surface area contributed by atoms with Gasteiger partial charge in [-0.2, -0.15) is 0 Å². The minimum atomic E-state index is -0.846.